The van der Waals surface area contributed by atoms with Crippen LogP contribution in [0.25, 0.3) is 11.3 Å². The van der Waals surface area contributed by atoms with Gasteiger partial charge in [0.25, 0.3) is 5.91 Å². The predicted molar refractivity (Wildman–Crippen MR) is 71.6 cm³/mol. The van der Waals surface area contributed by atoms with Crippen LogP contribution in [0.2, 0.25) is 0 Å². The molecule has 1 aromatic carbocycles. The minimum absolute atomic E-state index is 0.0925. The lowest BCUT2D eigenvalue weighted by molar-refractivity contribution is 0.0960. The largest absolute Gasteiger partial charge is 0.272 e. The maximum absolute atomic E-state index is 12.1. The minimum atomic E-state index is -0.0925. The molecular formula is C15H11N3O. The number of hydrogen-bond acceptors (Lipinski definition) is 3. The highest BCUT2D eigenvalue weighted by Crippen LogP contribution is 2.17. The third kappa shape index (κ3) is 2.28. The molecule has 0 aliphatic rings. The molecule has 0 fully saturated rings. The van der Waals surface area contributed by atoms with Gasteiger partial charge in [-0.15, -0.1) is 0 Å². The van der Waals surface area contributed by atoms with Gasteiger partial charge in [-0.05, 0) is 24.3 Å². The summed E-state index contributed by atoms with van der Waals surface area (Å²) in [5, 5.41) is 0. The number of carbonyl (C=O) groups excluding carboxylic acids is 1. The van der Waals surface area contributed by atoms with E-state index in [1.807, 2.05) is 30.3 Å². The predicted octanol–water partition coefficient (Wildman–Crippen LogP) is 2.63. The van der Waals surface area contributed by atoms with Crippen molar-refractivity contribution in [2.45, 2.75) is 0 Å². The third-order valence-corrected chi connectivity index (χ3v) is 2.83. The van der Waals surface area contributed by atoms with Gasteiger partial charge >= 0.3 is 0 Å². The Kier molecular flexibility index (Phi) is 2.90. The fourth-order valence-corrected chi connectivity index (χ4v) is 1.85. The maximum Gasteiger partial charge on any atom is 0.263 e. The molecule has 92 valence electrons. The average Bonchev–Trinajstić information content (AvgIpc) is 3.02. The van der Waals surface area contributed by atoms with Gasteiger partial charge in [0, 0.05) is 29.7 Å². The molecule has 2 heterocycles. The van der Waals surface area contributed by atoms with E-state index in [1.165, 1.54) is 10.9 Å². The second kappa shape index (κ2) is 4.86. The van der Waals surface area contributed by atoms with Crippen molar-refractivity contribution in [3.63, 3.8) is 0 Å². The molecule has 3 rings (SSSR count). The number of benzene rings is 1. The van der Waals surface area contributed by atoms with Crippen molar-refractivity contribution in [2.75, 3.05) is 0 Å². The molecule has 4 nitrogen and oxygen atoms in total. The first-order valence-electron chi connectivity index (χ1n) is 5.89. The van der Waals surface area contributed by atoms with Crippen LogP contribution in [0, 0.1) is 0 Å². The summed E-state index contributed by atoms with van der Waals surface area (Å²) in [6.45, 7) is 0. The Labute approximate surface area is 110 Å². The van der Waals surface area contributed by atoms with Crippen molar-refractivity contribution in [2.24, 2.45) is 0 Å². The average molecular weight is 249 g/mol. The lowest BCUT2D eigenvalue weighted by Gasteiger charge is -2.03. The Hall–Kier alpha value is -2.75. The summed E-state index contributed by atoms with van der Waals surface area (Å²) in [5.74, 6) is -0.0925. The van der Waals surface area contributed by atoms with Gasteiger partial charge in [0.2, 0.25) is 0 Å². The topological polar surface area (TPSA) is 47.8 Å². The van der Waals surface area contributed by atoms with E-state index in [0.29, 0.717) is 5.56 Å². The number of imidazole rings is 1. The van der Waals surface area contributed by atoms with Crippen molar-refractivity contribution >= 4 is 5.91 Å². The van der Waals surface area contributed by atoms with Crippen molar-refractivity contribution < 1.29 is 4.79 Å². The second-order valence-corrected chi connectivity index (χ2v) is 4.07. The van der Waals surface area contributed by atoms with Crippen LogP contribution in [0.15, 0.2) is 67.4 Å². The molecular weight excluding hydrogens is 238 g/mol. The van der Waals surface area contributed by atoms with E-state index < -0.39 is 0 Å². The maximum atomic E-state index is 12.1. The lowest BCUT2D eigenvalue weighted by Crippen LogP contribution is -2.09. The normalized spacial score (nSPS) is 10.3. The number of rotatable bonds is 2. The van der Waals surface area contributed by atoms with Gasteiger partial charge < -0.3 is 0 Å². The SMILES string of the molecule is O=C(c1ccc(-c2ccccn2)cc1)n1ccnc1. The molecule has 0 N–H and O–H groups in total. The van der Waals surface area contributed by atoms with E-state index in [0.717, 1.165) is 11.3 Å². The first-order chi connectivity index (χ1) is 9.34. The summed E-state index contributed by atoms with van der Waals surface area (Å²) in [6.07, 6.45) is 6.46. The highest BCUT2D eigenvalue weighted by Gasteiger charge is 2.07. The molecule has 0 aliphatic carbocycles. The number of nitrogens with zero attached hydrogens (tertiary/aromatic N) is 3. The first kappa shape index (κ1) is 11.3. The minimum Gasteiger partial charge on any atom is -0.272 e. The Morgan fingerprint density at radius 2 is 1.84 bits per heavy atom. The fraction of sp³-hybridized carbons (Fsp3) is 0. The number of hydrogen-bond donors (Lipinski definition) is 0. The van der Waals surface area contributed by atoms with Crippen LogP contribution >= 0.6 is 0 Å². The van der Waals surface area contributed by atoms with Gasteiger partial charge in [-0.25, -0.2) is 4.98 Å². The van der Waals surface area contributed by atoms with Crippen molar-refractivity contribution in [1.82, 2.24) is 14.5 Å². The molecule has 0 amide bonds. The number of pyridine rings is 1. The number of aromatic nitrogens is 3. The van der Waals surface area contributed by atoms with Crippen LogP contribution in [0.4, 0.5) is 0 Å². The van der Waals surface area contributed by atoms with E-state index >= 15 is 0 Å². The standard InChI is InChI=1S/C15H11N3O/c19-15(18-10-9-16-11-18)13-6-4-12(5-7-13)14-3-1-2-8-17-14/h1-11H. The quantitative estimate of drug-likeness (QED) is 0.701. The van der Waals surface area contributed by atoms with Crippen molar-refractivity contribution in [1.29, 1.82) is 0 Å². The Morgan fingerprint density at radius 3 is 2.47 bits per heavy atom. The third-order valence-electron chi connectivity index (χ3n) is 2.83. The highest BCUT2D eigenvalue weighted by molar-refractivity contribution is 5.96. The summed E-state index contributed by atoms with van der Waals surface area (Å²) in [6, 6.07) is 13.1. The van der Waals surface area contributed by atoms with Gasteiger partial charge in [0.05, 0.1) is 5.69 Å². The monoisotopic (exact) mass is 249 g/mol. The van der Waals surface area contributed by atoms with E-state index in [9.17, 15) is 4.79 Å². The molecule has 0 unspecified atom stereocenters. The van der Waals surface area contributed by atoms with Crippen LogP contribution in [-0.2, 0) is 0 Å². The summed E-state index contributed by atoms with van der Waals surface area (Å²) in [5.41, 5.74) is 2.50. The summed E-state index contributed by atoms with van der Waals surface area (Å²) >= 11 is 0. The Balaban J connectivity index is 1.90. The van der Waals surface area contributed by atoms with Crippen LogP contribution in [0.1, 0.15) is 10.4 Å². The van der Waals surface area contributed by atoms with Crippen LogP contribution in [0.5, 0.6) is 0 Å². The molecule has 0 saturated carbocycles. The summed E-state index contributed by atoms with van der Waals surface area (Å²) < 4.78 is 1.45. The molecule has 0 aliphatic heterocycles. The van der Waals surface area contributed by atoms with Crippen molar-refractivity contribution in [3.05, 3.63) is 72.9 Å². The van der Waals surface area contributed by atoms with Gasteiger partial charge in [-0.1, -0.05) is 18.2 Å². The van der Waals surface area contributed by atoms with Gasteiger partial charge in [-0.3, -0.25) is 14.3 Å². The zero-order chi connectivity index (χ0) is 13.1. The first-order valence-corrected chi connectivity index (χ1v) is 5.89. The molecule has 4 heteroatoms. The Morgan fingerprint density at radius 1 is 1.00 bits per heavy atom. The van der Waals surface area contributed by atoms with E-state index in [1.54, 1.807) is 30.7 Å². The molecule has 0 saturated heterocycles. The molecule has 2 aromatic heterocycles. The summed E-state index contributed by atoms with van der Waals surface area (Å²) in [4.78, 5) is 20.2. The highest BCUT2D eigenvalue weighted by atomic mass is 16.2. The molecule has 19 heavy (non-hydrogen) atoms. The molecule has 0 atom stereocenters. The van der Waals surface area contributed by atoms with Gasteiger partial charge in [0.1, 0.15) is 6.33 Å². The Bertz CT molecular complexity index is 673. The molecule has 0 bridgehead atoms. The molecule has 0 spiro atoms. The number of carbonyl (C=O) groups is 1. The van der Waals surface area contributed by atoms with E-state index in [-0.39, 0.29) is 5.91 Å². The molecule has 3 aromatic rings. The van der Waals surface area contributed by atoms with Crippen LogP contribution in [-0.4, -0.2) is 20.4 Å². The van der Waals surface area contributed by atoms with Gasteiger partial charge in [0.15, 0.2) is 0 Å². The van der Waals surface area contributed by atoms with E-state index in [2.05, 4.69) is 9.97 Å². The van der Waals surface area contributed by atoms with Crippen molar-refractivity contribution in [3.8, 4) is 11.3 Å². The second-order valence-electron chi connectivity index (χ2n) is 4.07. The summed E-state index contributed by atoms with van der Waals surface area (Å²) in [7, 11) is 0. The molecule has 0 radical (unpaired) electrons. The zero-order valence-corrected chi connectivity index (χ0v) is 10.1. The lowest BCUT2D eigenvalue weighted by atomic mass is 10.1. The zero-order valence-electron chi connectivity index (χ0n) is 10.1. The van der Waals surface area contributed by atoms with Crippen LogP contribution < -0.4 is 0 Å². The smallest absolute Gasteiger partial charge is 0.263 e. The van der Waals surface area contributed by atoms with E-state index in [4.69, 9.17) is 0 Å². The fourth-order valence-electron chi connectivity index (χ4n) is 1.85. The van der Waals surface area contributed by atoms with Gasteiger partial charge in [-0.2, -0.15) is 0 Å². The van der Waals surface area contributed by atoms with Crippen LogP contribution in [0.3, 0.4) is 0 Å².